The second-order valence-corrected chi connectivity index (χ2v) is 4.54. The summed E-state index contributed by atoms with van der Waals surface area (Å²) in [5.74, 6) is 0.642. The van der Waals surface area contributed by atoms with Crippen molar-refractivity contribution in [2.24, 2.45) is 0 Å². The first-order chi connectivity index (χ1) is 7.70. The number of aromatic nitrogens is 2. The highest BCUT2D eigenvalue weighted by Crippen LogP contribution is 2.22. The van der Waals surface area contributed by atoms with Gasteiger partial charge in [0.2, 0.25) is 5.95 Å². The van der Waals surface area contributed by atoms with Gasteiger partial charge < -0.3 is 10.0 Å². The Hall–Kier alpha value is -0.870. The largest absolute Gasteiger partial charge is 0.394 e. The summed E-state index contributed by atoms with van der Waals surface area (Å²) in [6, 6.07) is 1.87. The number of anilines is 1. The van der Waals surface area contributed by atoms with Crippen LogP contribution >= 0.6 is 11.6 Å². The lowest BCUT2D eigenvalue weighted by atomic mass is 10.0. The van der Waals surface area contributed by atoms with E-state index in [9.17, 15) is 5.11 Å². The highest BCUT2D eigenvalue weighted by molar-refractivity contribution is 6.29. The van der Waals surface area contributed by atoms with Crippen molar-refractivity contribution in [1.29, 1.82) is 0 Å². The zero-order chi connectivity index (χ0) is 11.5. The Morgan fingerprint density at radius 3 is 3.00 bits per heavy atom. The molecule has 4 nitrogen and oxygen atoms in total. The highest BCUT2D eigenvalue weighted by atomic mass is 35.5. The van der Waals surface area contributed by atoms with E-state index in [2.05, 4.69) is 14.9 Å². The maximum absolute atomic E-state index is 9.33. The van der Waals surface area contributed by atoms with Crippen molar-refractivity contribution in [2.75, 3.05) is 18.1 Å². The van der Waals surface area contributed by atoms with Crippen molar-refractivity contribution in [2.45, 2.75) is 32.2 Å². The number of halogens is 1. The van der Waals surface area contributed by atoms with Crippen molar-refractivity contribution in [3.63, 3.8) is 0 Å². The van der Waals surface area contributed by atoms with Crippen LogP contribution in [-0.2, 0) is 0 Å². The molecule has 0 aromatic carbocycles. The molecule has 1 saturated heterocycles. The van der Waals surface area contributed by atoms with Crippen LogP contribution in [-0.4, -0.2) is 34.3 Å². The molecule has 0 saturated carbocycles. The van der Waals surface area contributed by atoms with Gasteiger partial charge in [-0.3, -0.25) is 0 Å². The summed E-state index contributed by atoms with van der Waals surface area (Å²) in [7, 11) is 0. The third kappa shape index (κ3) is 2.44. The van der Waals surface area contributed by atoms with Gasteiger partial charge in [-0.1, -0.05) is 11.6 Å². The fraction of sp³-hybridized carbons (Fsp3) is 0.636. The molecule has 5 heteroatoms. The molecule has 2 rings (SSSR count). The number of nitrogens with zero attached hydrogens (tertiary/aromatic N) is 3. The van der Waals surface area contributed by atoms with Gasteiger partial charge in [-0.05, 0) is 32.3 Å². The Kier molecular flexibility index (Phi) is 3.61. The standard InChI is InChI=1S/C11H16ClN3O/c1-8-6-10(12)14-11(13-8)15-5-3-2-4-9(15)7-16/h6,9,16H,2-5,7H2,1H3/t9-/m0/s1. The summed E-state index contributed by atoms with van der Waals surface area (Å²) in [5, 5.41) is 9.79. The second kappa shape index (κ2) is 4.97. The van der Waals surface area contributed by atoms with E-state index in [1.54, 1.807) is 6.07 Å². The van der Waals surface area contributed by atoms with Crippen LogP contribution in [0, 0.1) is 6.92 Å². The zero-order valence-corrected chi connectivity index (χ0v) is 10.1. The number of piperidine rings is 1. The maximum atomic E-state index is 9.33. The second-order valence-electron chi connectivity index (χ2n) is 4.16. The lowest BCUT2D eigenvalue weighted by Crippen LogP contribution is -2.43. The lowest BCUT2D eigenvalue weighted by Gasteiger charge is -2.34. The van der Waals surface area contributed by atoms with Crippen LogP contribution in [0.2, 0.25) is 5.15 Å². The number of rotatable bonds is 2. The van der Waals surface area contributed by atoms with E-state index in [-0.39, 0.29) is 12.6 Å². The van der Waals surface area contributed by atoms with Crippen LogP contribution in [0.15, 0.2) is 6.07 Å². The molecule has 1 N–H and O–H groups in total. The highest BCUT2D eigenvalue weighted by Gasteiger charge is 2.24. The van der Waals surface area contributed by atoms with E-state index in [1.165, 1.54) is 0 Å². The van der Waals surface area contributed by atoms with Gasteiger partial charge in [-0.2, -0.15) is 0 Å². The SMILES string of the molecule is Cc1cc(Cl)nc(N2CCCC[C@H]2CO)n1. The van der Waals surface area contributed by atoms with Gasteiger partial charge in [0.1, 0.15) is 5.15 Å². The monoisotopic (exact) mass is 241 g/mol. The normalized spacial score (nSPS) is 21.2. The van der Waals surface area contributed by atoms with E-state index in [0.29, 0.717) is 11.1 Å². The molecule has 16 heavy (non-hydrogen) atoms. The number of hydrogen-bond donors (Lipinski definition) is 1. The first kappa shape index (κ1) is 11.6. The first-order valence-electron chi connectivity index (χ1n) is 5.59. The third-order valence-corrected chi connectivity index (χ3v) is 3.10. The van der Waals surface area contributed by atoms with Crippen LogP contribution < -0.4 is 4.90 Å². The Morgan fingerprint density at radius 2 is 2.31 bits per heavy atom. The summed E-state index contributed by atoms with van der Waals surface area (Å²) in [5.41, 5.74) is 0.859. The number of aliphatic hydroxyl groups is 1. The van der Waals surface area contributed by atoms with E-state index >= 15 is 0 Å². The fourth-order valence-corrected chi connectivity index (χ4v) is 2.33. The molecular weight excluding hydrogens is 226 g/mol. The molecule has 1 aromatic heterocycles. The van der Waals surface area contributed by atoms with Gasteiger partial charge in [0.05, 0.1) is 12.6 Å². The summed E-state index contributed by atoms with van der Waals surface area (Å²) >= 11 is 5.92. The van der Waals surface area contributed by atoms with Crippen LogP contribution in [0.5, 0.6) is 0 Å². The fourth-order valence-electron chi connectivity index (χ4n) is 2.10. The molecular formula is C11H16ClN3O. The summed E-state index contributed by atoms with van der Waals surface area (Å²) in [6.07, 6.45) is 3.26. The van der Waals surface area contributed by atoms with Gasteiger partial charge in [0, 0.05) is 12.2 Å². The first-order valence-corrected chi connectivity index (χ1v) is 5.97. The summed E-state index contributed by atoms with van der Waals surface area (Å²) in [6.45, 7) is 2.94. The molecule has 2 heterocycles. The number of hydrogen-bond acceptors (Lipinski definition) is 4. The molecule has 1 aliphatic rings. The van der Waals surface area contributed by atoms with E-state index in [4.69, 9.17) is 11.6 Å². The average Bonchev–Trinajstić information content (AvgIpc) is 2.27. The smallest absolute Gasteiger partial charge is 0.227 e. The maximum Gasteiger partial charge on any atom is 0.227 e. The summed E-state index contributed by atoms with van der Waals surface area (Å²) < 4.78 is 0. The number of aryl methyl sites for hydroxylation is 1. The molecule has 0 amide bonds. The molecule has 0 spiro atoms. The van der Waals surface area contributed by atoms with Crippen LogP contribution in [0.25, 0.3) is 0 Å². The third-order valence-electron chi connectivity index (χ3n) is 2.91. The molecule has 88 valence electrons. The molecule has 0 radical (unpaired) electrons. The predicted octanol–water partition coefficient (Wildman–Crippen LogP) is 1.79. The minimum Gasteiger partial charge on any atom is -0.394 e. The van der Waals surface area contributed by atoms with Crippen molar-refractivity contribution in [3.8, 4) is 0 Å². The van der Waals surface area contributed by atoms with E-state index in [0.717, 1.165) is 31.5 Å². The quantitative estimate of drug-likeness (QED) is 0.802. The molecule has 0 unspecified atom stereocenters. The van der Waals surface area contributed by atoms with Gasteiger partial charge in [0.25, 0.3) is 0 Å². The molecule has 1 fully saturated rings. The van der Waals surface area contributed by atoms with E-state index < -0.39 is 0 Å². The zero-order valence-electron chi connectivity index (χ0n) is 9.36. The minimum absolute atomic E-state index is 0.131. The van der Waals surface area contributed by atoms with Crippen LogP contribution in [0.4, 0.5) is 5.95 Å². The lowest BCUT2D eigenvalue weighted by molar-refractivity contribution is 0.238. The topological polar surface area (TPSA) is 49.2 Å². The van der Waals surface area contributed by atoms with E-state index in [1.807, 2.05) is 6.92 Å². The van der Waals surface area contributed by atoms with Gasteiger partial charge in [0.15, 0.2) is 0 Å². The Labute approximate surface area is 100 Å². The van der Waals surface area contributed by atoms with Gasteiger partial charge in [-0.15, -0.1) is 0 Å². The Morgan fingerprint density at radius 1 is 1.50 bits per heavy atom. The predicted molar refractivity (Wildman–Crippen MR) is 63.8 cm³/mol. The summed E-state index contributed by atoms with van der Waals surface area (Å²) in [4.78, 5) is 10.7. The van der Waals surface area contributed by atoms with Crippen LogP contribution in [0.1, 0.15) is 25.0 Å². The van der Waals surface area contributed by atoms with Crippen molar-refractivity contribution < 1.29 is 5.11 Å². The van der Waals surface area contributed by atoms with Crippen molar-refractivity contribution in [1.82, 2.24) is 9.97 Å². The Balaban J connectivity index is 2.26. The average molecular weight is 242 g/mol. The van der Waals surface area contributed by atoms with Crippen LogP contribution in [0.3, 0.4) is 0 Å². The molecule has 1 aliphatic heterocycles. The van der Waals surface area contributed by atoms with Crippen molar-refractivity contribution in [3.05, 3.63) is 16.9 Å². The Bertz CT molecular complexity index is 352. The van der Waals surface area contributed by atoms with Gasteiger partial charge in [-0.25, -0.2) is 9.97 Å². The molecule has 0 bridgehead atoms. The molecule has 1 atom stereocenters. The molecule has 0 aliphatic carbocycles. The minimum atomic E-state index is 0.131. The van der Waals surface area contributed by atoms with Crippen molar-refractivity contribution >= 4 is 17.5 Å². The molecule has 1 aromatic rings. The van der Waals surface area contributed by atoms with Gasteiger partial charge >= 0.3 is 0 Å². The number of aliphatic hydroxyl groups excluding tert-OH is 1.